The van der Waals surface area contributed by atoms with E-state index in [9.17, 15) is 13.2 Å². The van der Waals surface area contributed by atoms with Crippen molar-refractivity contribution in [2.45, 2.75) is 43.5 Å². The number of anilines is 1. The van der Waals surface area contributed by atoms with Crippen molar-refractivity contribution in [2.75, 3.05) is 18.5 Å². The lowest BCUT2D eigenvalue weighted by Gasteiger charge is -2.34. The number of rotatable bonds is 7. The SMILES string of the molecule is CCOc1ccc(NC(=O)C[C@H]2CCCCN2S(=O)(=O)c2ccc(Cl)cc2)cc1. The van der Waals surface area contributed by atoms with E-state index in [0.29, 0.717) is 30.3 Å². The van der Waals surface area contributed by atoms with Gasteiger partial charge in [0.1, 0.15) is 5.75 Å². The summed E-state index contributed by atoms with van der Waals surface area (Å²) in [5.74, 6) is 0.523. The molecule has 156 valence electrons. The van der Waals surface area contributed by atoms with Crippen LogP contribution in [0.15, 0.2) is 53.4 Å². The lowest BCUT2D eigenvalue weighted by atomic mass is 10.0. The van der Waals surface area contributed by atoms with Crippen LogP contribution >= 0.6 is 11.6 Å². The molecule has 0 aliphatic carbocycles. The van der Waals surface area contributed by atoms with Gasteiger partial charge in [-0.15, -0.1) is 0 Å². The van der Waals surface area contributed by atoms with Gasteiger partial charge < -0.3 is 10.1 Å². The van der Waals surface area contributed by atoms with E-state index < -0.39 is 10.0 Å². The molecule has 1 aliphatic heterocycles. The van der Waals surface area contributed by atoms with Gasteiger partial charge in [0.15, 0.2) is 0 Å². The molecule has 6 nitrogen and oxygen atoms in total. The average molecular weight is 437 g/mol. The average Bonchev–Trinajstić information content (AvgIpc) is 2.70. The zero-order valence-electron chi connectivity index (χ0n) is 16.3. The molecule has 0 bridgehead atoms. The minimum Gasteiger partial charge on any atom is -0.494 e. The number of hydrogen-bond acceptors (Lipinski definition) is 4. The topological polar surface area (TPSA) is 75.7 Å². The van der Waals surface area contributed by atoms with Crippen LogP contribution in [0.1, 0.15) is 32.6 Å². The van der Waals surface area contributed by atoms with Crippen LogP contribution in [0.4, 0.5) is 5.69 Å². The van der Waals surface area contributed by atoms with E-state index in [4.69, 9.17) is 16.3 Å². The Morgan fingerprint density at radius 3 is 2.48 bits per heavy atom. The number of hydrogen-bond donors (Lipinski definition) is 1. The Labute approximate surface area is 176 Å². The molecular weight excluding hydrogens is 412 g/mol. The van der Waals surface area contributed by atoms with E-state index in [1.807, 2.05) is 6.92 Å². The van der Waals surface area contributed by atoms with Gasteiger partial charge in [-0.25, -0.2) is 8.42 Å². The first-order valence-electron chi connectivity index (χ1n) is 9.70. The zero-order valence-corrected chi connectivity index (χ0v) is 17.9. The molecule has 1 atom stereocenters. The predicted molar refractivity (Wildman–Crippen MR) is 114 cm³/mol. The van der Waals surface area contributed by atoms with Crippen LogP contribution < -0.4 is 10.1 Å². The summed E-state index contributed by atoms with van der Waals surface area (Å²) < 4.78 is 33.0. The fraction of sp³-hybridized carbons (Fsp3) is 0.381. The summed E-state index contributed by atoms with van der Waals surface area (Å²) in [5.41, 5.74) is 0.654. The van der Waals surface area contributed by atoms with Crippen LogP contribution in [0.5, 0.6) is 5.75 Å². The second-order valence-electron chi connectivity index (χ2n) is 6.93. The summed E-state index contributed by atoms with van der Waals surface area (Å²) in [5, 5.41) is 3.32. The molecule has 2 aromatic rings. The van der Waals surface area contributed by atoms with Crippen LogP contribution in [-0.2, 0) is 14.8 Å². The molecule has 1 heterocycles. The Bertz CT molecular complexity index is 930. The summed E-state index contributed by atoms with van der Waals surface area (Å²) in [6.07, 6.45) is 2.45. The van der Waals surface area contributed by atoms with Crippen molar-refractivity contribution in [2.24, 2.45) is 0 Å². The smallest absolute Gasteiger partial charge is 0.243 e. The van der Waals surface area contributed by atoms with Gasteiger partial charge in [-0.3, -0.25) is 4.79 Å². The number of carbonyl (C=O) groups is 1. The maximum absolute atomic E-state index is 13.1. The van der Waals surface area contributed by atoms with Crippen molar-refractivity contribution in [3.05, 3.63) is 53.6 Å². The molecule has 0 spiro atoms. The number of piperidine rings is 1. The zero-order chi connectivity index (χ0) is 20.9. The third-order valence-corrected chi connectivity index (χ3v) is 7.08. The molecule has 2 aromatic carbocycles. The fourth-order valence-corrected chi connectivity index (χ4v) is 5.28. The number of halogens is 1. The highest BCUT2D eigenvalue weighted by atomic mass is 35.5. The molecule has 0 aromatic heterocycles. The lowest BCUT2D eigenvalue weighted by Crippen LogP contribution is -2.45. The highest BCUT2D eigenvalue weighted by Gasteiger charge is 2.34. The summed E-state index contributed by atoms with van der Waals surface area (Å²) in [6, 6.07) is 12.9. The third kappa shape index (κ3) is 5.50. The molecule has 1 N–H and O–H groups in total. The van der Waals surface area contributed by atoms with Crippen molar-refractivity contribution in [1.29, 1.82) is 0 Å². The van der Waals surface area contributed by atoms with Gasteiger partial charge in [-0.05, 0) is 68.3 Å². The van der Waals surface area contributed by atoms with Crippen LogP contribution in [0.2, 0.25) is 5.02 Å². The minimum atomic E-state index is -3.68. The van der Waals surface area contributed by atoms with Gasteiger partial charge >= 0.3 is 0 Å². The summed E-state index contributed by atoms with van der Waals surface area (Å²) in [4.78, 5) is 12.8. The largest absolute Gasteiger partial charge is 0.494 e. The van der Waals surface area contributed by atoms with E-state index >= 15 is 0 Å². The van der Waals surface area contributed by atoms with Crippen molar-refractivity contribution in [1.82, 2.24) is 4.31 Å². The number of carbonyl (C=O) groups excluding carboxylic acids is 1. The quantitative estimate of drug-likeness (QED) is 0.701. The van der Waals surface area contributed by atoms with Gasteiger partial charge in [-0.1, -0.05) is 18.0 Å². The van der Waals surface area contributed by atoms with Gasteiger partial charge in [0.05, 0.1) is 11.5 Å². The molecule has 1 aliphatic rings. The van der Waals surface area contributed by atoms with Gasteiger partial charge in [-0.2, -0.15) is 4.31 Å². The van der Waals surface area contributed by atoms with E-state index in [1.54, 1.807) is 36.4 Å². The second-order valence-corrected chi connectivity index (χ2v) is 9.26. The molecule has 29 heavy (non-hydrogen) atoms. The van der Waals surface area contributed by atoms with E-state index in [2.05, 4.69) is 5.32 Å². The van der Waals surface area contributed by atoms with Crippen LogP contribution in [0, 0.1) is 0 Å². The molecular formula is C21H25ClN2O4S. The number of nitrogens with zero attached hydrogens (tertiary/aromatic N) is 1. The van der Waals surface area contributed by atoms with Gasteiger partial charge in [0, 0.05) is 29.7 Å². The van der Waals surface area contributed by atoms with E-state index in [0.717, 1.165) is 18.6 Å². The molecule has 0 radical (unpaired) electrons. The molecule has 8 heteroatoms. The van der Waals surface area contributed by atoms with Crippen LogP contribution in [0.3, 0.4) is 0 Å². The van der Waals surface area contributed by atoms with E-state index in [1.165, 1.54) is 16.4 Å². The molecule has 0 unspecified atom stereocenters. The third-order valence-electron chi connectivity index (χ3n) is 4.86. The maximum Gasteiger partial charge on any atom is 0.243 e. The first-order valence-corrected chi connectivity index (χ1v) is 11.5. The number of nitrogens with one attached hydrogen (secondary N) is 1. The number of sulfonamides is 1. The molecule has 1 fully saturated rings. The first kappa shape index (κ1) is 21.6. The van der Waals surface area contributed by atoms with Gasteiger partial charge in [0.2, 0.25) is 15.9 Å². The van der Waals surface area contributed by atoms with Crippen LogP contribution in [-0.4, -0.2) is 37.8 Å². The Kier molecular flexibility index (Phi) is 7.16. The number of ether oxygens (including phenoxy) is 1. The lowest BCUT2D eigenvalue weighted by molar-refractivity contribution is -0.117. The second kappa shape index (κ2) is 9.61. The highest BCUT2D eigenvalue weighted by Crippen LogP contribution is 2.28. The maximum atomic E-state index is 13.1. The molecule has 0 saturated carbocycles. The number of amides is 1. The summed E-state index contributed by atoms with van der Waals surface area (Å²) >= 11 is 5.88. The number of benzene rings is 2. The normalized spacial score (nSPS) is 17.7. The van der Waals surface area contributed by atoms with Crippen LogP contribution in [0.25, 0.3) is 0 Å². The van der Waals surface area contributed by atoms with Crippen molar-refractivity contribution < 1.29 is 17.9 Å². The summed E-state index contributed by atoms with van der Waals surface area (Å²) in [6.45, 7) is 2.89. The first-order chi connectivity index (χ1) is 13.9. The molecule has 1 amide bonds. The predicted octanol–water partition coefficient (Wildman–Crippen LogP) is 4.31. The van der Waals surface area contributed by atoms with Crippen molar-refractivity contribution >= 4 is 33.2 Å². The van der Waals surface area contributed by atoms with Crippen molar-refractivity contribution in [3.63, 3.8) is 0 Å². The Morgan fingerprint density at radius 1 is 1.14 bits per heavy atom. The Balaban J connectivity index is 1.69. The minimum absolute atomic E-state index is 0.111. The monoisotopic (exact) mass is 436 g/mol. The fourth-order valence-electron chi connectivity index (χ4n) is 3.46. The highest BCUT2D eigenvalue weighted by molar-refractivity contribution is 7.89. The van der Waals surface area contributed by atoms with Gasteiger partial charge in [0.25, 0.3) is 0 Å². The summed E-state index contributed by atoms with van der Waals surface area (Å²) in [7, 11) is -3.68. The standard InChI is InChI=1S/C21H25ClN2O4S/c1-2-28-19-10-8-17(9-11-19)23-21(25)15-18-5-3-4-14-24(18)29(26,27)20-12-6-16(22)7-13-20/h6-13,18H,2-5,14-15H2,1H3,(H,23,25)/t18-/m1/s1. The Morgan fingerprint density at radius 2 is 1.83 bits per heavy atom. The van der Waals surface area contributed by atoms with Crippen molar-refractivity contribution in [3.8, 4) is 5.75 Å². The molecule has 3 rings (SSSR count). The molecule has 1 saturated heterocycles. The Hall–Kier alpha value is -2.09. The van der Waals surface area contributed by atoms with E-state index in [-0.39, 0.29) is 23.3 Å².